The highest BCUT2D eigenvalue weighted by Crippen LogP contribution is 2.26. The number of nitrogens with zero attached hydrogens (tertiary/aromatic N) is 1. The lowest BCUT2D eigenvalue weighted by Crippen LogP contribution is -2.42. The van der Waals surface area contributed by atoms with Gasteiger partial charge in [0.2, 0.25) is 5.91 Å². The van der Waals surface area contributed by atoms with E-state index in [-0.39, 0.29) is 17.5 Å². The van der Waals surface area contributed by atoms with Crippen LogP contribution < -0.4 is 9.62 Å². The second-order valence-electron chi connectivity index (χ2n) is 6.38. The summed E-state index contributed by atoms with van der Waals surface area (Å²) in [6.07, 6.45) is 1.80. The van der Waals surface area contributed by atoms with Crippen LogP contribution in [0.2, 0.25) is 10.0 Å². The maximum Gasteiger partial charge on any atom is 0.264 e. The summed E-state index contributed by atoms with van der Waals surface area (Å²) in [5, 5.41) is 3.54. The second-order valence-corrected chi connectivity index (χ2v) is 9.12. The number of carbonyl (C=O) groups excluding carboxylic acids is 1. The van der Waals surface area contributed by atoms with E-state index in [4.69, 9.17) is 27.9 Å². The number of carbonyl (C=O) groups is 1. The number of benzene rings is 2. The molecular formula is C19H20Cl2N2O4S. The third-order valence-electron chi connectivity index (χ3n) is 4.34. The van der Waals surface area contributed by atoms with E-state index in [9.17, 15) is 13.2 Å². The number of sulfonamides is 1. The van der Waals surface area contributed by atoms with Gasteiger partial charge in [0.25, 0.3) is 10.0 Å². The predicted octanol–water partition coefficient (Wildman–Crippen LogP) is 3.48. The van der Waals surface area contributed by atoms with Gasteiger partial charge in [-0.15, -0.1) is 0 Å². The van der Waals surface area contributed by atoms with Crippen molar-refractivity contribution in [2.75, 3.05) is 24.0 Å². The first-order valence-corrected chi connectivity index (χ1v) is 11.0. The number of hydrogen-bond donors (Lipinski definition) is 1. The van der Waals surface area contributed by atoms with Crippen molar-refractivity contribution in [1.82, 2.24) is 5.32 Å². The molecule has 6 nitrogen and oxygen atoms in total. The van der Waals surface area contributed by atoms with Gasteiger partial charge in [0.1, 0.15) is 6.54 Å². The highest BCUT2D eigenvalue weighted by molar-refractivity contribution is 7.92. The molecule has 0 aromatic heterocycles. The second kappa shape index (κ2) is 9.13. The van der Waals surface area contributed by atoms with Crippen LogP contribution in [0.15, 0.2) is 53.4 Å². The standard InChI is InChI=1S/C19H20Cl2N2O4S/c20-14-6-8-18(9-7-14)28(25,26)23(16-4-1-3-15(21)11-16)13-19(24)22-12-17-5-2-10-27-17/h1,3-4,6-9,11,17H,2,5,10,12-13H2,(H,22,24). The van der Waals surface area contributed by atoms with E-state index in [1.165, 1.54) is 30.3 Å². The molecule has 0 spiro atoms. The maximum absolute atomic E-state index is 13.2. The molecule has 0 saturated carbocycles. The van der Waals surface area contributed by atoms with E-state index in [0.717, 1.165) is 17.1 Å². The van der Waals surface area contributed by atoms with Gasteiger partial charge in [-0.2, -0.15) is 0 Å². The van der Waals surface area contributed by atoms with Crippen molar-refractivity contribution in [2.45, 2.75) is 23.8 Å². The molecule has 1 unspecified atom stereocenters. The van der Waals surface area contributed by atoms with Crippen molar-refractivity contribution in [2.24, 2.45) is 0 Å². The van der Waals surface area contributed by atoms with Crippen LogP contribution in [0.4, 0.5) is 5.69 Å². The van der Waals surface area contributed by atoms with E-state index in [0.29, 0.717) is 28.9 Å². The van der Waals surface area contributed by atoms with Gasteiger partial charge >= 0.3 is 0 Å². The van der Waals surface area contributed by atoms with Crippen LogP contribution in [0.1, 0.15) is 12.8 Å². The van der Waals surface area contributed by atoms with E-state index >= 15 is 0 Å². The summed E-state index contributed by atoms with van der Waals surface area (Å²) in [6.45, 7) is 0.654. The van der Waals surface area contributed by atoms with Crippen molar-refractivity contribution in [1.29, 1.82) is 0 Å². The fraction of sp³-hybridized carbons (Fsp3) is 0.316. The molecule has 2 aromatic rings. The molecule has 0 aliphatic carbocycles. The van der Waals surface area contributed by atoms with E-state index in [1.54, 1.807) is 18.2 Å². The fourth-order valence-corrected chi connectivity index (χ4v) is 4.62. The topological polar surface area (TPSA) is 75.7 Å². The summed E-state index contributed by atoms with van der Waals surface area (Å²) < 4.78 is 32.9. The quantitative estimate of drug-likeness (QED) is 0.711. The Kier molecular flexibility index (Phi) is 6.82. The average Bonchev–Trinajstić information content (AvgIpc) is 3.18. The molecule has 1 atom stereocenters. The first-order valence-electron chi connectivity index (χ1n) is 8.78. The number of hydrogen-bond acceptors (Lipinski definition) is 4. The molecule has 1 heterocycles. The van der Waals surface area contributed by atoms with E-state index in [2.05, 4.69) is 5.32 Å². The molecule has 1 saturated heterocycles. The molecule has 28 heavy (non-hydrogen) atoms. The number of ether oxygens (including phenoxy) is 1. The Morgan fingerprint density at radius 2 is 1.89 bits per heavy atom. The maximum atomic E-state index is 13.2. The van der Waals surface area contributed by atoms with Crippen LogP contribution in [-0.2, 0) is 19.6 Å². The number of nitrogens with one attached hydrogen (secondary N) is 1. The van der Waals surface area contributed by atoms with Gasteiger partial charge in [-0.25, -0.2) is 8.42 Å². The smallest absolute Gasteiger partial charge is 0.264 e. The van der Waals surface area contributed by atoms with Crippen LogP contribution in [0, 0.1) is 0 Å². The van der Waals surface area contributed by atoms with Crippen molar-refractivity contribution < 1.29 is 17.9 Å². The number of anilines is 1. The first-order chi connectivity index (χ1) is 13.4. The van der Waals surface area contributed by atoms with Gasteiger partial charge in [-0.1, -0.05) is 29.3 Å². The Bertz CT molecular complexity index is 929. The fourth-order valence-electron chi connectivity index (χ4n) is 2.90. The summed E-state index contributed by atoms with van der Waals surface area (Å²) >= 11 is 11.9. The Morgan fingerprint density at radius 3 is 2.54 bits per heavy atom. The lowest BCUT2D eigenvalue weighted by atomic mass is 10.2. The summed E-state index contributed by atoms with van der Waals surface area (Å²) in [4.78, 5) is 12.5. The van der Waals surface area contributed by atoms with Gasteiger partial charge in [0.15, 0.2) is 0 Å². The minimum atomic E-state index is -4.00. The molecule has 9 heteroatoms. The Morgan fingerprint density at radius 1 is 1.14 bits per heavy atom. The van der Waals surface area contributed by atoms with Crippen molar-refractivity contribution in [3.8, 4) is 0 Å². The predicted molar refractivity (Wildman–Crippen MR) is 109 cm³/mol. The molecule has 1 aliphatic heterocycles. The minimum Gasteiger partial charge on any atom is -0.376 e. The molecular weight excluding hydrogens is 423 g/mol. The molecule has 1 amide bonds. The molecule has 0 radical (unpaired) electrons. The Hall–Kier alpha value is -1.80. The molecule has 1 aliphatic rings. The molecule has 0 bridgehead atoms. The van der Waals surface area contributed by atoms with Crippen LogP contribution in [0.5, 0.6) is 0 Å². The first kappa shape index (κ1) is 20.9. The number of rotatable bonds is 7. The number of halogens is 2. The van der Waals surface area contributed by atoms with Crippen LogP contribution >= 0.6 is 23.2 Å². The molecule has 3 rings (SSSR count). The highest BCUT2D eigenvalue weighted by Gasteiger charge is 2.28. The van der Waals surface area contributed by atoms with Crippen LogP contribution in [-0.4, -0.2) is 40.1 Å². The van der Waals surface area contributed by atoms with Crippen molar-refractivity contribution >= 4 is 44.8 Å². The zero-order valence-corrected chi connectivity index (χ0v) is 17.3. The van der Waals surface area contributed by atoms with Crippen LogP contribution in [0.3, 0.4) is 0 Å². The van der Waals surface area contributed by atoms with Crippen molar-refractivity contribution in [3.05, 3.63) is 58.6 Å². The lowest BCUT2D eigenvalue weighted by Gasteiger charge is -2.24. The van der Waals surface area contributed by atoms with Crippen molar-refractivity contribution in [3.63, 3.8) is 0 Å². The Labute approximate surface area is 174 Å². The summed E-state index contributed by atoms with van der Waals surface area (Å²) in [6, 6.07) is 12.1. The molecule has 2 aromatic carbocycles. The van der Waals surface area contributed by atoms with E-state index in [1.807, 2.05) is 0 Å². The highest BCUT2D eigenvalue weighted by atomic mass is 35.5. The van der Waals surface area contributed by atoms with Gasteiger partial charge < -0.3 is 10.1 Å². The van der Waals surface area contributed by atoms with Gasteiger partial charge in [-0.3, -0.25) is 9.10 Å². The zero-order valence-electron chi connectivity index (χ0n) is 15.0. The van der Waals surface area contributed by atoms with Gasteiger partial charge in [0, 0.05) is 23.2 Å². The third kappa shape index (κ3) is 5.17. The third-order valence-corrected chi connectivity index (χ3v) is 6.61. The molecule has 1 fully saturated rings. The summed E-state index contributed by atoms with van der Waals surface area (Å²) in [5.74, 6) is -0.423. The van der Waals surface area contributed by atoms with E-state index < -0.39 is 15.9 Å². The van der Waals surface area contributed by atoms with Gasteiger partial charge in [0.05, 0.1) is 16.7 Å². The average molecular weight is 443 g/mol. The molecule has 150 valence electrons. The largest absolute Gasteiger partial charge is 0.376 e. The molecule has 1 N–H and O–H groups in total. The zero-order chi connectivity index (χ0) is 20.1. The number of amides is 1. The Balaban J connectivity index is 1.84. The summed E-state index contributed by atoms with van der Waals surface area (Å²) in [7, 11) is -4.00. The van der Waals surface area contributed by atoms with Crippen LogP contribution in [0.25, 0.3) is 0 Å². The lowest BCUT2D eigenvalue weighted by molar-refractivity contribution is -0.120. The summed E-state index contributed by atoms with van der Waals surface area (Å²) in [5.41, 5.74) is 0.301. The minimum absolute atomic E-state index is 0.0311. The SMILES string of the molecule is O=C(CN(c1cccc(Cl)c1)S(=O)(=O)c1ccc(Cl)cc1)NCC1CCCO1. The normalized spacial score (nSPS) is 16.7. The monoisotopic (exact) mass is 442 g/mol. The van der Waals surface area contributed by atoms with Gasteiger partial charge in [-0.05, 0) is 55.3 Å².